The number of aromatic nitrogens is 1. The van der Waals surface area contributed by atoms with Gasteiger partial charge in [-0.1, -0.05) is 23.2 Å². The third-order valence-electron chi connectivity index (χ3n) is 2.19. The van der Waals surface area contributed by atoms with E-state index in [0.717, 1.165) is 0 Å². The van der Waals surface area contributed by atoms with Crippen molar-refractivity contribution >= 4 is 41.1 Å². The van der Waals surface area contributed by atoms with Crippen LogP contribution in [0.5, 0.6) is 0 Å². The SMILES string of the molecule is CCN=CC(C(=O)OCC)=C(O)c1nc(Cl)ccc1Cl. The molecule has 5 nitrogen and oxygen atoms in total. The van der Waals surface area contributed by atoms with Gasteiger partial charge in [-0.15, -0.1) is 0 Å². The van der Waals surface area contributed by atoms with Gasteiger partial charge in [-0.05, 0) is 26.0 Å². The van der Waals surface area contributed by atoms with E-state index in [-0.39, 0.29) is 28.0 Å². The number of hydrogen-bond acceptors (Lipinski definition) is 5. The lowest BCUT2D eigenvalue weighted by molar-refractivity contribution is -0.137. The van der Waals surface area contributed by atoms with E-state index in [4.69, 9.17) is 27.9 Å². The molecule has 20 heavy (non-hydrogen) atoms. The Balaban J connectivity index is 3.35. The topological polar surface area (TPSA) is 71.8 Å². The molecular formula is C13H14Cl2N2O3. The van der Waals surface area contributed by atoms with Crippen molar-refractivity contribution in [2.75, 3.05) is 13.2 Å². The van der Waals surface area contributed by atoms with Crippen molar-refractivity contribution in [3.05, 3.63) is 33.6 Å². The van der Waals surface area contributed by atoms with E-state index in [1.165, 1.54) is 18.3 Å². The summed E-state index contributed by atoms with van der Waals surface area (Å²) in [6, 6.07) is 2.95. The first-order valence-electron chi connectivity index (χ1n) is 5.93. The summed E-state index contributed by atoms with van der Waals surface area (Å²) in [4.78, 5) is 19.7. The lowest BCUT2D eigenvalue weighted by Crippen LogP contribution is -2.12. The van der Waals surface area contributed by atoms with Crippen molar-refractivity contribution in [2.24, 2.45) is 4.99 Å². The molecule has 0 atom stereocenters. The molecule has 0 aliphatic heterocycles. The number of esters is 1. The highest BCUT2D eigenvalue weighted by atomic mass is 35.5. The lowest BCUT2D eigenvalue weighted by atomic mass is 10.2. The zero-order valence-electron chi connectivity index (χ0n) is 11.1. The molecule has 7 heteroatoms. The Morgan fingerprint density at radius 1 is 1.45 bits per heavy atom. The third kappa shape index (κ3) is 4.21. The van der Waals surface area contributed by atoms with Crippen LogP contribution in [-0.2, 0) is 9.53 Å². The van der Waals surface area contributed by atoms with Gasteiger partial charge in [0.1, 0.15) is 16.4 Å². The minimum atomic E-state index is -0.708. The highest BCUT2D eigenvalue weighted by Gasteiger charge is 2.19. The van der Waals surface area contributed by atoms with Crippen molar-refractivity contribution in [1.82, 2.24) is 4.98 Å². The second-order valence-electron chi connectivity index (χ2n) is 3.58. The van der Waals surface area contributed by atoms with Crippen LogP contribution >= 0.6 is 23.2 Å². The number of halogens is 2. The average Bonchev–Trinajstić information content (AvgIpc) is 2.42. The first kappa shape index (κ1) is 16.5. The van der Waals surface area contributed by atoms with E-state index >= 15 is 0 Å². The molecule has 1 heterocycles. The summed E-state index contributed by atoms with van der Waals surface area (Å²) in [7, 11) is 0. The molecule has 1 N–H and O–H groups in total. The largest absolute Gasteiger partial charge is 0.505 e. The van der Waals surface area contributed by atoms with Crippen LogP contribution in [0.4, 0.5) is 0 Å². The van der Waals surface area contributed by atoms with E-state index in [9.17, 15) is 9.90 Å². The van der Waals surface area contributed by atoms with Gasteiger partial charge in [0.15, 0.2) is 5.76 Å². The van der Waals surface area contributed by atoms with Crippen LogP contribution in [0.2, 0.25) is 10.2 Å². The van der Waals surface area contributed by atoms with E-state index in [1.807, 2.05) is 0 Å². The van der Waals surface area contributed by atoms with Crippen LogP contribution in [0.15, 0.2) is 22.7 Å². The molecule has 1 rings (SSSR count). The molecule has 0 unspecified atom stereocenters. The van der Waals surface area contributed by atoms with Crippen molar-refractivity contribution in [3.63, 3.8) is 0 Å². The second kappa shape index (κ2) is 7.87. The highest BCUT2D eigenvalue weighted by Crippen LogP contribution is 2.24. The van der Waals surface area contributed by atoms with Gasteiger partial charge in [-0.25, -0.2) is 9.78 Å². The van der Waals surface area contributed by atoms with Crippen molar-refractivity contribution in [3.8, 4) is 0 Å². The Labute approximate surface area is 126 Å². The number of carbonyl (C=O) groups excluding carboxylic acids is 1. The predicted molar refractivity (Wildman–Crippen MR) is 79.5 cm³/mol. The second-order valence-corrected chi connectivity index (χ2v) is 4.37. The fourth-order valence-corrected chi connectivity index (χ4v) is 1.66. The molecule has 0 aromatic carbocycles. The Kier molecular flexibility index (Phi) is 6.48. The normalized spacial score (nSPS) is 12.4. The first-order chi connectivity index (χ1) is 9.51. The first-order valence-corrected chi connectivity index (χ1v) is 6.69. The summed E-state index contributed by atoms with van der Waals surface area (Å²) in [5.41, 5.74) is -0.116. The molecule has 0 bridgehead atoms. The molecule has 1 aromatic rings. The van der Waals surface area contributed by atoms with Crippen molar-refractivity contribution in [1.29, 1.82) is 0 Å². The van der Waals surface area contributed by atoms with Gasteiger partial charge >= 0.3 is 5.97 Å². The van der Waals surface area contributed by atoms with Gasteiger partial charge < -0.3 is 9.84 Å². The van der Waals surface area contributed by atoms with E-state index in [2.05, 4.69) is 9.98 Å². The Bertz CT molecular complexity index is 557. The number of rotatable bonds is 5. The van der Waals surface area contributed by atoms with Gasteiger partial charge in [0.25, 0.3) is 0 Å². The number of aliphatic imine (C=N–C) groups is 1. The summed E-state index contributed by atoms with van der Waals surface area (Å²) < 4.78 is 4.86. The van der Waals surface area contributed by atoms with Gasteiger partial charge in [0.05, 0.1) is 11.6 Å². The Morgan fingerprint density at radius 2 is 2.15 bits per heavy atom. The maximum Gasteiger partial charge on any atom is 0.343 e. The summed E-state index contributed by atoms with van der Waals surface area (Å²) in [6.07, 6.45) is 1.23. The fraction of sp³-hybridized carbons (Fsp3) is 0.308. The summed E-state index contributed by atoms with van der Waals surface area (Å²) in [6.45, 7) is 4.08. The minimum absolute atomic E-state index is 0.00442. The molecular weight excluding hydrogens is 303 g/mol. The van der Waals surface area contributed by atoms with E-state index < -0.39 is 11.7 Å². The standard InChI is InChI=1S/C13H14Cl2N2O3/c1-3-16-7-8(13(19)20-4-2)12(18)11-9(14)5-6-10(15)17-11/h5-7,18H,3-4H2,1-2H3. The van der Waals surface area contributed by atoms with Crippen LogP contribution in [0.3, 0.4) is 0 Å². The molecule has 0 spiro atoms. The van der Waals surface area contributed by atoms with E-state index in [1.54, 1.807) is 13.8 Å². The molecule has 0 aliphatic carbocycles. The molecule has 0 saturated carbocycles. The van der Waals surface area contributed by atoms with Crippen LogP contribution in [0, 0.1) is 0 Å². The number of carbonyl (C=O) groups is 1. The number of aliphatic hydroxyl groups excluding tert-OH is 1. The number of aliphatic hydroxyl groups is 1. The molecule has 0 radical (unpaired) electrons. The maximum atomic E-state index is 11.8. The van der Waals surface area contributed by atoms with Crippen molar-refractivity contribution < 1.29 is 14.6 Å². The number of nitrogens with zero attached hydrogens (tertiary/aromatic N) is 2. The lowest BCUT2D eigenvalue weighted by Gasteiger charge is -2.07. The highest BCUT2D eigenvalue weighted by molar-refractivity contribution is 6.33. The summed E-state index contributed by atoms with van der Waals surface area (Å²) in [5.74, 6) is -1.13. The molecule has 0 aliphatic rings. The van der Waals surface area contributed by atoms with Crippen LogP contribution in [0.1, 0.15) is 19.5 Å². The number of pyridine rings is 1. The van der Waals surface area contributed by atoms with Crippen LogP contribution < -0.4 is 0 Å². The number of ether oxygens (including phenoxy) is 1. The molecule has 0 amide bonds. The van der Waals surface area contributed by atoms with Crippen molar-refractivity contribution in [2.45, 2.75) is 13.8 Å². The monoisotopic (exact) mass is 316 g/mol. The zero-order valence-corrected chi connectivity index (χ0v) is 12.6. The zero-order chi connectivity index (χ0) is 15.1. The molecule has 0 saturated heterocycles. The van der Waals surface area contributed by atoms with Gasteiger partial charge in [0.2, 0.25) is 0 Å². The molecule has 108 valence electrons. The quantitative estimate of drug-likeness (QED) is 0.297. The van der Waals surface area contributed by atoms with Gasteiger partial charge in [0, 0.05) is 12.8 Å². The minimum Gasteiger partial charge on any atom is -0.505 e. The van der Waals surface area contributed by atoms with Gasteiger partial charge in [-0.3, -0.25) is 4.99 Å². The summed E-state index contributed by atoms with van der Waals surface area (Å²) >= 11 is 11.7. The average molecular weight is 317 g/mol. The maximum absolute atomic E-state index is 11.8. The molecule has 1 aromatic heterocycles. The third-order valence-corrected chi connectivity index (χ3v) is 2.71. The van der Waals surface area contributed by atoms with Crippen LogP contribution in [-0.4, -0.2) is 35.4 Å². The summed E-state index contributed by atoms with van der Waals surface area (Å²) in [5, 5.41) is 10.5. The van der Waals surface area contributed by atoms with E-state index in [0.29, 0.717) is 6.54 Å². The Hall–Kier alpha value is -1.59. The smallest absolute Gasteiger partial charge is 0.343 e. The predicted octanol–water partition coefficient (Wildman–Crippen LogP) is 3.31. The fourth-order valence-electron chi connectivity index (χ4n) is 1.31. The number of hydrogen-bond donors (Lipinski definition) is 1. The molecule has 0 fully saturated rings. The van der Waals surface area contributed by atoms with Gasteiger partial charge in [-0.2, -0.15) is 0 Å². The van der Waals surface area contributed by atoms with Crippen LogP contribution in [0.25, 0.3) is 5.76 Å². The Morgan fingerprint density at radius 3 is 2.75 bits per heavy atom.